The number of carbonyl (C=O) groups is 1. The molecule has 48 heavy (non-hydrogen) atoms. The Morgan fingerprint density at radius 1 is 0.958 bits per heavy atom. The number of amides is 1. The average Bonchev–Trinajstić information content (AvgIpc) is 3.58. The summed E-state index contributed by atoms with van der Waals surface area (Å²) in [6.07, 6.45) is 8.21. The van der Waals surface area contributed by atoms with Gasteiger partial charge in [-0.15, -0.1) is 4.31 Å². The minimum absolute atomic E-state index is 0.00274. The number of fused-ring (bicyclic) bond motifs is 1. The second kappa shape index (κ2) is 20.2. The first kappa shape index (κ1) is 38.3. The minimum Gasteiger partial charge on any atom is -0.598 e. The fourth-order valence-electron chi connectivity index (χ4n) is 5.81. The first-order chi connectivity index (χ1) is 23.2. The van der Waals surface area contributed by atoms with Crippen molar-refractivity contribution in [3.63, 3.8) is 0 Å². The summed E-state index contributed by atoms with van der Waals surface area (Å²) in [7, 11) is 0. The number of hydrogen-bond donors (Lipinski definition) is 3. The van der Waals surface area contributed by atoms with Gasteiger partial charge < -0.3 is 39.5 Å². The lowest BCUT2D eigenvalue weighted by Crippen LogP contribution is -2.43. The van der Waals surface area contributed by atoms with E-state index in [9.17, 15) is 14.1 Å². The molecule has 2 aromatic rings. The summed E-state index contributed by atoms with van der Waals surface area (Å²) in [5.41, 5.74) is 0.198. The van der Waals surface area contributed by atoms with Gasteiger partial charge in [0.15, 0.2) is 0 Å². The van der Waals surface area contributed by atoms with Gasteiger partial charge in [0, 0.05) is 73.7 Å². The predicted octanol–water partition coefficient (Wildman–Crippen LogP) is 3.00. The van der Waals surface area contributed by atoms with Crippen LogP contribution in [0.3, 0.4) is 0 Å². The Hall–Kier alpha value is -2.53. The van der Waals surface area contributed by atoms with Gasteiger partial charge >= 0.3 is 6.09 Å². The van der Waals surface area contributed by atoms with Crippen LogP contribution in [0.4, 0.5) is 10.7 Å². The highest BCUT2D eigenvalue weighted by molar-refractivity contribution is 7.89. The Kier molecular flexibility index (Phi) is 16.1. The molecule has 3 N–H and O–H groups in total. The van der Waals surface area contributed by atoms with Crippen LogP contribution >= 0.6 is 0 Å². The van der Waals surface area contributed by atoms with E-state index in [2.05, 4.69) is 25.2 Å². The maximum Gasteiger partial charge on any atom is 0.407 e. The van der Waals surface area contributed by atoms with E-state index < -0.39 is 23.1 Å². The molecule has 0 aromatic carbocycles. The number of carbonyl (C=O) groups excluding carboxylic acids is 1. The maximum absolute atomic E-state index is 12.9. The van der Waals surface area contributed by atoms with E-state index in [-0.39, 0.29) is 17.6 Å². The van der Waals surface area contributed by atoms with Gasteiger partial charge in [0.25, 0.3) is 5.56 Å². The fraction of sp³-hybridized carbons (Fsp3) is 0.758. The van der Waals surface area contributed by atoms with Crippen LogP contribution in [-0.2, 0) is 30.3 Å². The van der Waals surface area contributed by atoms with Crippen LogP contribution in [-0.4, -0.2) is 119 Å². The van der Waals surface area contributed by atoms with Crippen LogP contribution in [0, 0.1) is 0 Å². The van der Waals surface area contributed by atoms with Gasteiger partial charge in [-0.3, -0.25) is 9.36 Å². The molecule has 2 fully saturated rings. The van der Waals surface area contributed by atoms with Gasteiger partial charge in [0.05, 0.1) is 39.6 Å². The number of ether oxygens (including phenoxy) is 4. The fourth-order valence-corrected chi connectivity index (χ4v) is 7.08. The zero-order valence-corrected chi connectivity index (χ0v) is 29.7. The second-order valence-corrected chi connectivity index (χ2v) is 14.8. The van der Waals surface area contributed by atoms with E-state index in [0.717, 1.165) is 76.5 Å². The Bertz CT molecular complexity index is 1300. The normalized spacial score (nSPS) is 17.2. The molecule has 4 rings (SSSR count). The number of alkyl carbamates (subject to hydrolysis) is 1. The van der Waals surface area contributed by atoms with Crippen LogP contribution in [0.2, 0.25) is 0 Å². The Labute approximate surface area is 287 Å². The van der Waals surface area contributed by atoms with Gasteiger partial charge in [0.1, 0.15) is 17.0 Å². The molecule has 270 valence electrons. The number of nitrogens with one attached hydrogen (secondary N) is 3. The highest BCUT2D eigenvalue weighted by Gasteiger charge is 2.27. The third-order valence-corrected chi connectivity index (χ3v) is 9.77. The smallest absolute Gasteiger partial charge is 0.407 e. The van der Waals surface area contributed by atoms with Crippen molar-refractivity contribution in [3.05, 3.63) is 28.7 Å². The number of rotatable bonds is 20. The number of nitrogens with zero attached hydrogens (tertiary/aromatic N) is 4. The van der Waals surface area contributed by atoms with Crippen LogP contribution in [0.1, 0.15) is 71.8 Å². The Morgan fingerprint density at radius 3 is 2.31 bits per heavy atom. The highest BCUT2D eigenvalue weighted by atomic mass is 32.2. The molecule has 0 radical (unpaired) electrons. The number of piperidine rings is 1. The van der Waals surface area contributed by atoms with Crippen molar-refractivity contribution < 1.29 is 28.3 Å². The van der Waals surface area contributed by atoms with Gasteiger partial charge in [-0.05, 0) is 59.1 Å². The summed E-state index contributed by atoms with van der Waals surface area (Å²) in [4.78, 5) is 33.5. The lowest BCUT2D eigenvalue weighted by atomic mass is 10.1. The molecule has 0 spiro atoms. The van der Waals surface area contributed by atoms with Crippen molar-refractivity contribution in [3.8, 4) is 0 Å². The first-order valence-corrected chi connectivity index (χ1v) is 18.7. The number of anilines is 1. The topological polar surface area (TPSA) is 164 Å². The molecule has 1 amide bonds. The van der Waals surface area contributed by atoms with Crippen LogP contribution < -0.4 is 21.5 Å². The maximum atomic E-state index is 12.9. The molecule has 1 aliphatic carbocycles. The first-order valence-electron chi connectivity index (χ1n) is 17.4. The van der Waals surface area contributed by atoms with Gasteiger partial charge in [-0.1, -0.05) is 12.8 Å². The molecule has 2 aliphatic rings. The number of pyridine rings is 1. The largest absolute Gasteiger partial charge is 0.598 e. The van der Waals surface area contributed by atoms with Crippen LogP contribution in [0.15, 0.2) is 23.1 Å². The van der Waals surface area contributed by atoms with E-state index in [1.54, 1.807) is 18.3 Å². The molecule has 3 heterocycles. The molecule has 1 aliphatic heterocycles. The summed E-state index contributed by atoms with van der Waals surface area (Å²) in [6, 6.07) is 3.84. The van der Waals surface area contributed by atoms with Crippen molar-refractivity contribution in [2.75, 3.05) is 83.4 Å². The van der Waals surface area contributed by atoms with E-state index >= 15 is 0 Å². The minimum atomic E-state index is -1.00. The molecule has 1 atom stereocenters. The third kappa shape index (κ3) is 13.4. The van der Waals surface area contributed by atoms with Crippen molar-refractivity contribution in [2.45, 2.75) is 83.4 Å². The van der Waals surface area contributed by atoms with Gasteiger partial charge in [-0.25, -0.2) is 9.78 Å². The van der Waals surface area contributed by atoms with E-state index in [1.807, 2.05) is 25.3 Å². The monoisotopic (exact) mass is 693 g/mol. The van der Waals surface area contributed by atoms with Crippen LogP contribution in [0.5, 0.6) is 0 Å². The zero-order chi connectivity index (χ0) is 34.2. The van der Waals surface area contributed by atoms with Crippen molar-refractivity contribution in [1.82, 2.24) is 29.5 Å². The Morgan fingerprint density at radius 2 is 1.62 bits per heavy atom. The third-order valence-electron chi connectivity index (χ3n) is 8.19. The molecule has 2 aromatic heterocycles. The summed E-state index contributed by atoms with van der Waals surface area (Å²) in [6.45, 7) is 11.7. The number of aromatic nitrogens is 3. The lowest BCUT2D eigenvalue weighted by molar-refractivity contribution is 0.0145. The number of hydrogen-bond acceptors (Lipinski definition) is 12. The summed E-state index contributed by atoms with van der Waals surface area (Å²) < 4.78 is 38.5. The van der Waals surface area contributed by atoms with Crippen molar-refractivity contribution in [2.24, 2.45) is 0 Å². The molecule has 1 saturated carbocycles. The molecular weight excluding hydrogens is 638 g/mol. The highest BCUT2D eigenvalue weighted by Crippen LogP contribution is 2.30. The van der Waals surface area contributed by atoms with E-state index in [4.69, 9.17) is 23.9 Å². The standard InChI is InChI=1S/C33H55N7O7S/c1-33(2,3)47-32(42)35-15-19-45-21-23-46-22-20-44-18-14-34-13-6-24-48(43)39-16-11-27(12-17-39)37-31-36-25-26-9-10-29(41)40(30(26)38-31)28-7-4-5-8-28/h9-10,25,27-28,34H,4-8,11-24H2,1-3H3,(H,35,42)(H,36,37,38). The summed E-state index contributed by atoms with van der Waals surface area (Å²) in [5, 5.41) is 10.3. The second-order valence-electron chi connectivity index (χ2n) is 13.2. The Balaban J connectivity index is 0.975. The average molecular weight is 694 g/mol. The molecule has 1 saturated heterocycles. The summed E-state index contributed by atoms with van der Waals surface area (Å²) in [5.74, 6) is 1.18. The molecule has 14 nitrogen and oxygen atoms in total. The zero-order valence-electron chi connectivity index (χ0n) is 28.9. The summed E-state index contributed by atoms with van der Waals surface area (Å²) >= 11 is -1.00. The van der Waals surface area contributed by atoms with Crippen molar-refractivity contribution >= 4 is 34.4 Å². The molecule has 1 unspecified atom stereocenters. The van der Waals surface area contributed by atoms with E-state index in [0.29, 0.717) is 63.5 Å². The van der Waals surface area contributed by atoms with Gasteiger partial charge in [0.2, 0.25) is 5.95 Å². The quantitative estimate of drug-likeness (QED) is 0.137. The van der Waals surface area contributed by atoms with Crippen LogP contribution in [0.25, 0.3) is 11.0 Å². The molecule has 0 bridgehead atoms. The molecular formula is C33H55N7O7S. The SMILES string of the molecule is CC(C)(C)OC(=O)NCCOCCOCCOCCNCCC[S+]([O-])N1CCC(Nc2ncc3ccc(=O)n(C4CCCC4)c3n2)CC1. The van der Waals surface area contributed by atoms with E-state index in [1.165, 1.54) is 0 Å². The predicted molar refractivity (Wildman–Crippen MR) is 187 cm³/mol. The van der Waals surface area contributed by atoms with Gasteiger partial charge in [-0.2, -0.15) is 4.98 Å². The lowest BCUT2D eigenvalue weighted by Gasteiger charge is -2.32. The molecule has 15 heteroatoms. The van der Waals surface area contributed by atoms with Crippen molar-refractivity contribution in [1.29, 1.82) is 0 Å².